The molecule has 32 heavy (non-hydrogen) atoms. The summed E-state index contributed by atoms with van der Waals surface area (Å²) in [5.41, 5.74) is 20.9. The lowest BCUT2D eigenvalue weighted by Crippen LogP contribution is -2.18. The number of hydrogen-bond donors (Lipinski definition) is 4. The largest absolute Gasteiger partial charge is 0.399 e. The lowest BCUT2D eigenvalue weighted by molar-refractivity contribution is -0.385. The average molecular weight is 443 g/mol. The molecule has 0 saturated heterocycles. The lowest BCUT2D eigenvalue weighted by atomic mass is 10.3. The fourth-order valence-corrected chi connectivity index (χ4v) is 1.68. The molecule has 2 amide bonds. The maximum absolute atomic E-state index is 10.1. The normalized spacial score (nSPS) is 8.62. The number of nitrogens with two attached hydrogens (primary N) is 4. The Bertz CT molecular complexity index is 993. The summed E-state index contributed by atoms with van der Waals surface area (Å²) in [4.78, 5) is 38.0. The van der Waals surface area contributed by atoms with Gasteiger partial charge in [0.2, 0.25) is 0 Å². The van der Waals surface area contributed by atoms with Crippen LogP contribution in [0.3, 0.4) is 0 Å². The number of hydrogen-bond acceptors (Lipinski definition) is 9. The summed E-state index contributed by atoms with van der Waals surface area (Å²) in [6, 6.07) is 19.3. The van der Waals surface area contributed by atoms with Crippen molar-refractivity contribution in [3.05, 3.63) is 104 Å². The SMILES string of the molecule is NC(N)=O.Nc1ccc(N=O)cc1.Nc1ccc([N+](=O)[O-])cc1.O=[N+]([O-])c1ccccc1. The number of benzene rings is 3. The summed E-state index contributed by atoms with van der Waals surface area (Å²) < 4.78 is 0. The van der Waals surface area contributed by atoms with Gasteiger partial charge in [0.1, 0.15) is 5.69 Å². The number of carbonyl (C=O) groups excluding carboxylic acids is 1. The van der Waals surface area contributed by atoms with Crippen molar-refractivity contribution < 1.29 is 14.6 Å². The number of para-hydroxylation sites is 1. The van der Waals surface area contributed by atoms with Crippen LogP contribution in [0.15, 0.2) is 84.0 Å². The molecule has 0 aliphatic heterocycles. The van der Waals surface area contributed by atoms with E-state index in [0.717, 1.165) is 0 Å². The monoisotopic (exact) mass is 443 g/mol. The number of nitrogens with zero attached hydrogens (tertiary/aromatic N) is 3. The van der Waals surface area contributed by atoms with Gasteiger partial charge in [-0.1, -0.05) is 18.2 Å². The highest BCUT2D eigenvalue weighted by Crippen LogP contribution is 2.13. The molecule has 0 fully saturated rings. The maximum atomic E-state index is 10.1. The van der Waals surface area contributed by atoms with Crippen LogP contribution in [0.2, 0.25) is 0 Å². The van der Waals surface area contributed by atoms with Gasteiger partial charge >= 0.3 is 6.03 Å². The van der Waals surface area contributed by atoms with E-state index in [9.17, 15) is 25.1 Å². The zero-order valence-electron chi connectivity index (χ0n) is 16.6. The van der Waals surface area contributed by atoms with Crippen molar-refractivity contribution in [2.45, 2.75) is 0 Å². The molecule has 0 aromatic heterocycles. The van der Waals surface area contributed by atoms with E-state index in [-0.39, 0.29) is 11.4 Å². The smallest absolute Gasteiger partial charge is 0.309 e. The zero-order chi connectivity index (χ0) is 24.5. The van der Waals surface area contributed by atoms with Crippen molar-refractivity contribution >= 4 is 34.5 Å². The molecule has 0 heterocycles. The van der Waals surface area contributed by atoms with E-state index >= 15 is 0 Å². The number of nitroso groups, excluding NO2 is 1. The van der Waals surface area contributed by atoms with E-state index in [1.54, 1.807) is 42.5 Å². The van der Waals surface area contributed by atoms with Crippen molar-refractivity contribution in [2.75, 3.05) is 11.5 Å². The summed E-state index contributed by atoms with van der Waals surface area (Å²) in [6.45, 7) is 0. The number of nitrogen functional groups attached to an aromatic ring is 2. The van der Waals surface area contributed by atoms with E-state index in [1.165, 1.54) is 36.4 Å². The molecule has 168 valence electrons. The van der Waals surface area contributed by atoms with Gasteiger partial charge in [-0.25, -0.2) is 4.79 Å². The number of non-ortho nitro benzene ring substituents is 2. The van der Waals surface area contributed by atoms with E-state index < -0.39 is 15.9 Å². The Morgan fingerprint density at radius 3 is 1.34 bits per heavy atom. The van der Waals surface area contributed by atoms with Gasteiger partial charge in [-0.05, 0) is 41.6 Å². The first-order chi connectivity index (χ1) is 15.1. The van der Waals surface area contributed by atoms with Gasteiger partial charge in [-0.3, -0.25) is 20.2 Å². The molecule has 8 N–H and O–H groups in total. The number of urea groups is 1. The van der Waals surface area contributed by atoms with Gasteiger partial charge in [-0.2, -0.15) is 0 Å². The predicted molar refractivity (Wildman–Crippen MR) is 121 cm³/mol. The van der Waals surface area contributed by atoms with Crippen molar-refractivity contribution in [1.29, 1.82) is 0 Å². The first kappa shape index (κ1) is 26.9. The van der Waals surface area contributed by atoms with Gasteiger partial charge in [0, 0.05) is 35.6 Å². The van der Waals surface area contributed by atoms with Crippen LogP contribution in [0.5, 0.6) is 0 Å². The Balaban J connectivity index is 0.000000417. The second kappa shape index (κ2) is 14.9. The Morgan fingerprint density at radius 2 is 1.03 bits per heavy atom. The molecule has 0 bridgehead atoms. The van der Waals surface area contributed by atoms with Crippen LogP contribution in [0, 0.1) is 25.1 Å². The van der Waals surface area contributed by atoms with Crippen molar-refractivity contribution in [3.8, 4) is 0 Å². The van der Waals surface area contributed by atoms with Crippen molar-refractivity contribution in [3.63, 3.8) is 0 Å². The molecule has 3 aromatic carbocycles. The van der Waals surface area contributed by atoms with Gasteiger partial charge in [0.25, 0.3) is 11.4 Å². The van der Waals surface area contributed by atoms with E-state index in [2.05, 4.69) is 16.6 Å². The van der Waals surface area contributed by atoms with Crippen LogP contribution in [0.1, 0.15) is 0 Å². The molecule has 3 rings (SSSR count). The Morgan fingerprint density at radius 1 is 0.688 bits per heavy atom. The molecule has 0 unspecified atom stereocenters. The lowest BCUT2D eigenvalue weighted by Gasteiger charge is -1.90. The van der Waals surface area contributed by atoms with Crippen molar-refractivity contribution in [2.24, 2.45) is 16.6 Å². The third kappa shape index (κ3) is 13.2. The maximum Gasteiger partial charge on any atom is 0.309 e. The minimum atomic E-state index is -0.833. The second-order valence-corrected chi connectivity index (χ2v) is 5.53. The number of primary amides is 2. The van der Waals surface area contributed by atoms with E-state index in [0.29, 0.717) is 17.1 Å². The van der Waals surface area contributed by atoms with Crippen LogP contribution in [0.4, 0.5) is 33.2 Å². The summed E-state index contributed by atoms with van der Waals surface area (Å²) in [5, 5.41) is 22.8. The summed E-state index contributed by atoms with van der Waals surface area (Å²) in [5.74, 6) is 0. The van der Waals surface area contributed by atoms with Crippen LogP contribution < -0.4 is 22.9 Å². The van der Waals surface area contributed by atoms with Crippen LogP contribution >= 0.6 is 0 Å². The minimum Gasteiger partial charge on any atom is -0.399 e. The first-order valence-corrected chi connectivity index (χ1v) is 8.50. The molecular formula is C19H21N7O6. The van der Waals surface area contributed by atoms with Gasteiger partial charge < -0.3 is 22.9 Å². The quantitative estimate of drug-likeness (QED) is 0.202. The topological polar surface area (TPSA) is 237 Å². The molecule has 3 aromatic rings. The predicted octanol–water partition coefficient (Wildman–Crippen LogP) is 3.46. The molecule has 0 saturated carbocycles. The zero-order valence-corrected chi connectivity index (χ0v) is 16.6. The molecule has 0 spiro atoms. The molecule has 0 aliphatic rings. The number of nitro groups is 2. The number of carbonyl (C=O) groups is 1. The summed E-state index contributed by atoms with van der Waals surface area (Å²) in [7, 11) is 0. The van der Waals surface area contributed by atoms with Gasteiger partial charge in [0.05, 0.1) is 9.85 Å². The standard InChI is InChI=1S/C6H6N2O2.C6H6N2O.C6H5NO2.CH4N2O/c7-5-1-3-6(4-2-5)8(9)10;7-5-1-3-6(8-9)4-2-5;8-7(9)6-4-2-1-3-5-6;2-1(3)4/h1-4H,7H2;1-4H,7H2;1-5H;(H4,2,3,4). The average Bonchev–Trinajstić information content (AvgIpc) is 2.76. The van der Waals surface area contributed by atoms with Gasteiger partial charge in [0.15, 0.2) is 0 Å². The van der Waals surface area contributed by atoms with E-state index in [4.69, 9.17) is 16.3 Å². The highest BCUT2D eigenvalue weighted by atomic mass is 16.6. The third-order valence-electron chi connectivity index (χ3n) is 3.07. The number of amides is 2. The van der Waals surface area contributed by atoms with Crippen LogP contribution in [-0.2, 0) is 0 Å². The molecule has 13 nitrogen and oxygen atoms in total. The second-order valence-electron chi connectivity index (χ2n) is 5.53. The van der Waals surface area contributed by atoms with Crippen LogP contribution in [-0.4, -0.2) is 15.9 Å². The number of anilines is 2. The number of nitro benzene ring substituents is 2. The fraction of sp³-hybridized carbons (Fsp3) is 0. The van der Waals surface area contributed by atoms with Crippen molar-refractivity contribution in [1.82, 2.24) is 0 Å². The first-order valence-electron chi connectivity index (χ1n) is 8.50. The summed E-state index contributed by atoms with van der Waals surface area (Å²) >= 11 is 0. The molecule has 0 atom stereocenters. The highest BCUT2D eigenvalue weighted by Gasteiger charge is 2.01. The molecule has 0 radical (unpaired) electrons. The fourth-order valence-electron chi connectivity index (χ4n) is 1.68. The minimum absolute atomic E-state index is 0.0641. The van der Waals surface area contributed by atoms with Crippen LogP contribution in [0.25, 0.3) is 0 Å². The Labute approximate surface area is 181 Å². The molecule has 0 aliphatic carbocycles. The third-order valence-corrected chi connectivity index (χ3v) is 3.07. The number of rotatable bonds is 3. The van der Waals surface area contributed by atoms with Gasteiger partial charge in [-0.15, -0.1) is 4.91 Å². The Kier molecular flexibility index (Phi) is 12.5. The summed E-state index contributed by atoms with van der Waals surface area (Å²) in [6.07, 6.45) is 0. The highest BCUT2D eigenvalue weighted by molar-refractivity contribution is 5.69. The van der Waals surface area contributed by atoms with E-state index in [1.807, 2.05) is 0 Å². The Hall–Kier alpha value is -5.07. The molecule has 13 heteroatoms. The molecular weight excluding hydrogens is 422 g/mol.